The SMILES string of the molecule is CSCC(C)Cl. The van der Waals surface area contributed by atoms with Crippen molar-refractivity contribution in [1.82, 2.24) is 0 Å². The van der Waals surface area contributed by atoms with Crippen molar-refractivity contribution in [3.05, 3.63) is 0 Å². The van der Waals surface area contributed by atoms with Gasteiger partial charge in [-0.2, -0.15) is 11.8 Å². The number of hydrogen-bond donors (Lipinski definition) is 0. The summed E-state index contributed by atoms with van der Waals surface area (Å²) in [6.45, 7) is 2.00. The highest BCUT2D eigenvalue weighted by Gasteiger charge is 1.88. The molecule has 0 aromatic heterocycles. The smallest absolute Gasteiger partial charge is 0.0398 e. The van der Waals surface area contributed by atoms with E-state index in [9.17, 15) is 0 Å². The summed E-state index contributed by atoms with van der Waals surface area (Å²) in [5.41, 5.74) is 0. The molecule has 6 heavy (non-hydrogen) atoms. The first-order chi connectivity index (χ1) is 2.77. The zero-order valence-electron chi connectivity index (χ0n) is 4.07. The van der Waals surface area contributed by atoms with Crippen LogP contribution >= 0.6 is 23.4 Å². The molecule has 0 radical (unpaired) electrons. The largest absolute Gasteiger partial charge is 0.164 e. The van der Waals surface area contributed by atoms with Crippen molar-refractivity contribution in [2.45, 2.75) is 12.3 Å². The van der Waals surface area contributed by atoms with Gasteiger partial charge in [0.1, 0.15) is 0 Å². The minimum Gasteiger partial charge on any atom is -0.164 e. The Bertz CT molecular complexity index is 28.7. The molecule has 0 spiro atoms. The van der Waals surface area contributed by atoms with Gasteiger partial charge in [-0.25, -0.2) is 0 Å². The second-order valence-electron chi connectivity index (χ2n) is 1.24. The van der Waals surface area contributed by atoms with Crippen molar-refractivity contribution in [2.24, 2.45) is 0 Å². The molecule has 0 N–H and O–H groups in total. The van der Waals surface area contributed by atoms with Gasteiger partial charge in [0.15, 0.2) is 0 Å². The third kappa shape index (κ3) is 4.64. The van der Waals surface area contributed by atoms with Gasteiger partial charge < -0.3 is 0 Å². The van der Waals surface area contributed by atoms with Crippen LogP contribution in [0.15, 0.2) is 0 Å². The molecule has 2 heteroatoms. The molecular formula is C4H9ClS. The zero-order valence-corrected chi connectivity index (χ0v) is 5.64. The van der Waals surface area contributed by atoms with E-state index in [2.05, 4.69) is 6.26 Å². The molecule has 0 aromatic rings. The van der Waals surface area contributed by atoms with E-state index in [1.165, 1.54) is 0 Å². The van der Waals surface area contributed by atoms with E-state index in [-0.39, 0.29) is 0 Å². The molecule has 0 saturated carbocycles. The van der Waals surface area contributed by atoms with Crippen LogP contribution in [0.2, 0.25) is 0 Å². The molecule has 38 valence electrons. The van der Waals surface area contributed by atoms with Crippen LogP contribution in [0.5, 0.6) is 0 Å². The molecule has 0 amide bonds. The van der Waals surface area contributed by atoms with Gasteiger partial charge >= 0.3 is 0 Å². The maximum atomic E-state index is 5.56. The summed E-state index contributed by atoms with van der Waals surface area (Å²) in [6.07, 6.45) is 2.05. The van der Waals surface area contributed by atoms with Crippen LogP contribution in [0.4, 0.5) is 0 Å². The average Bonchev–Trinajstić information content (AvgIpc) is 1.35. The predicted octanol–water partition coefficient (Wildman–Crippen LogP) is 1.98. The Kier molecular flexibility index (Phi) is 4.22. The van der Waals surface area contributed by atoms with Crippen LogP contribution in [0.1, 0.15) is 6.92 Å². The standard InChI is InChI=1S/C4H9ClS/c1-4(5)3-6-2/h4H,3H2,1-2H3. The number of thioether (sulfide) groups is 1. The van der Waals surface area contributed by atoms with Crippen LogP contribution in [0.3, 0.4) is 0 Å². The topological polar surface area (TPSA) is 0 Å². The van der Waals surface area contributed by atoms with Crippen LogP contribution in [-0.2, 0) is 0 Å². The molecule has 0 aromatic carbocycles. The molecule has 0 saturated heterocycles. The Hall–Kier alpha value is 0.640. The molecule has 0 heterocycles. The Balaban J connectivity index is 2.63. The lowest BCUT2D eigenvalue weighted by molar-refractivity contribution is 1.12. The summed E-state index contributed by atoms with van der Waals surface area (Å²) < 4.78 is 0. The van der Waals surface area contributed by atoms with Crippen molar-refractivity contribution in [3.8, 4) is 0 Å². The van der Waals surface area contributed by atoms with Gasteiger partial charge in [-0.3, -0.25) is 0 Å². The van der Waals surface area contributed by atoms with Gasteiger partial charge in [-0.15, -0.1) is 11.6 Å². The van der Waals surface area contributed by atoms with Gasteiger partial charge in [0.2, 0.25) is 0 Å². The molecule has 0 aliphatic rings. The average molecular weight is 125 g/mol. The maximum absolute atomic E-state index is 5.56. The second kappa shape index (κ2) is 3.82. The summed E-state index contributed by atoms with van der Waals surface area (Å²) in [4.78, 5) is 0. The van der Waals surface area contributed by atoms with Crippen molar-refractivity contribution in [2.75, 3.05) is 12.0 Å². The van der Waals surface area contributed by atoms with Gasteiger partial charge in [0, 0.05) is 11.1 Å². The lowest BCUT2D eigenvalue weighted by Crippen LogP contribution is -1.91. The Morgan fingerprint density at radius 2 is 2.33 bits per heavy atom. The quantitative estimate of drug-likeness (QED) is 0.508. The summed E-state index contributed by atoms with van der Waals surface area (Å²) in [6, 6.07) is 0. The zero-order chi connectivity index (χ0) is 4.99. The van der Waals surface area contributed by atoms with Crippen LogP contribution < -0.4 is 0 Å². The molecule has 0 fully saturated rings. The first-order valence-corrected chi connectivity index (χ1v) is 3.73. The third-order valence-corrected chi connectivity index (χ3v) is 1.57. The molecule has 0 aliphatic carbocycles. The fourth-order valence-corrected chi connectivity index (χ4v) is 1.07. The van der Waals surface area contributed by atoms with E-state index in [1.54, 1.807) is 11.8 Å². The van der Waals surface area contributed by atoms with E-state index < -0.39 is 0 Å². The monoisotopic (exact) mass is 124 g/mol. The molecule has 0 nitrogen and oxygen atoms in total. The molecule has 0 rings (SSSR count). The lowest BCUT2D eigenvalue weighted by atomic mass is 10.6. The number of alkyl halides is 1. The van der Waals surface area contributed by atoms with Crippen LogP contribution in [0, 0.1) is 0 Å². The van der Waals surface area contributed by atoms with E-state index in [0.29, 0.717) is 5.38 Å². The van der Waals surface area contributed by atoms with Crippen molar-refractivity contribution < 1.29 is 0 Å². The Morgan fingerprint density at radius 3 is 2.33 bits per heavy atom. The van der Waals surface area contributed by atoms with Crippen LogP contribution in [0.25, 0.3) is 0 Å². The van der Waals surface area contributed by atoms with Gasteiger partial charge in [0.25, 0.3) is 0 Å². The minimum absolute atomic E-state index is 0.333. The highest BCUT2D eigenvalue weighted by atomic mass is 35.5. The number of hydrogen-bond acceptors (Lipinski definition) is 1. The Labute approximate surface area is 48.3 Å². The van der Waals surface area contributed by atoms with Gasteiger partial charge in [-0.1, -0.05) is 0 Å². The normalized spacial score (nSPS) is 14.5. The third-order valence-electron chi connectivity index (χ3n) is 0.396. The minimum atomic E-state index is 0.333. The molecule has 0 bridgehead atoms. The first kappa shape index (κ1) is 6.64. The summed E-state index contributed by atoms with van der Waals surface area (Å²) >= 11 is 7.33. The van der Waals surface area contributed by atoms with E-state index in [4.69, 9.17) is 11.6 Å². The number of rotatable bonds is 2. The fraction of sp³-hybridized carbons (Fsp3) is 1.00. The number of halogens is 1. The lowest BCUT2D eigenvalue weighted by Gasteiger charge is -1.93. The maximum Gasteiger partial charge on any atom is 0.0398 e. The highest BCUT2D eigenvalue weighted by molar-refractivity contribution is 7.98. The second-order valence-corrected chi connectivity index (χ2v) is 2.89. The van der Waals surface area contributed by atoms with E-state index >= 15 is 0 Å². The van der Waals surface area contributed by atoms with Crippen molar-refractivity contribution in [3.63, 3.8) is 0 Å². The van der Waals surface area contributed by atoms with Crippen LogP contribution in [-0.4, -0.2) is 17.4 Å². The summed E-state index contributed by atoms with van der Waals surface area (Å²) in [7, 11) is 0. The summed E-state index contributed by atoms with van der Waals surface area (Å²) in [5, 5.41) is 0.333. The van der Waals surface area contributed by atoms with Gasteiger partial charge in [-0.05, 0) is 13.2 Å². The first-order valence-electron chi connectivity index (χ1n) is 1.90. The van der Waals surface area contributed by atoms with E-state index in [0.717, 1.165) is 5.75 Å². The fourth-order valence-electron chi connectivity index (χ4n) is 0.230. The Morgan fingerprint density at radius 1 is 1.83 bits per heavy atom. The van der Waals surface area contributed by atoms with Crippen molar-refractivity contribution in [1.29, 1.82) is 0 Å². The molecule has 1 unspecified atom stereocenters. The predicted molar refractivity (Wildman–Crippen MR) is 33.7 cm³/mol. The molecular weight excluding hydrogens is 116 g/mol. The molecule has 0 aliphatic heterocycles. The van der Waals surface area contributed by atoms with Crippen molar-refractivity contribution >= 4 is 23.4 Å². The van der Waals surface area contributed by atoms with Gasteiger partial charge in [0.05, 0.1) is 0 Å². The van der Waals surface area contributed by atoms with E-state index in [1.807, 2.05) is 6.92 Å². The summed E-state index contributed by atoms with van der Waals surface area (Å²) in [5.74, 6) is 1.06. The highest BCUT2D eigenvalue weighted by Crippen LogP contribution is 2.01. The molecule has 1 atom stereocenters.